The number of halogens is 1. The Bertz CT molecular complexity index is 1210. The third-order valence-corrected chi connectivity index (χ3v) is 6.88. The van der Waals surface area contributed by atoms with Crippen molar-refractivity contribution in [3.63, 3.8) is 0 Å². The monoisotopic (exact) mass is 510 g/mol. The second kappa shape index (κ2) is 11.8. The van der Waals surface area contributed by atoms with Crippen LogP contribution in [0, 0.1) is 5.82 Å². The lowest BCUT2D eigenvalue weighted by atomic mass is 9.98. The van der Waals surface area contributed by atoms with Crippen molar-refractivity contribution in [2.75, 3.05) is 39.4 Å². The van der Waals surface area contributed by atoms with Crippen LogP contribution in [0.4, 0.5) is 4.39 Å². The van der Waals surface area contributed by atoms with Crippen LogP contribution in [0.15, 0.2) is 48.5 Å². The van der Waals surface area contributed by atoms with Gasteiger partial charge in [0.1, 0.15) is 23.9 Å². The summed E-state index contributed by atoms with van der Waals surface area (Å²) in [5.41, 5.74) is 1.49. The Kier molecular flexibility index (Phi) is 8.50. The Morgan fingerprint density at radius 1 is 1.14 bits per heavy atom. The summed E-state index contributed by atoms with van der Waals surface area (Å²) >= 11 is 0. The summed E-state index contributed by atoms with van der Waals surface area (Å²) in [5, 5.41) is 11.4. The van der Waals surface area contributed by atoms with E-state index < -0.39 is 17.4 Å². The maximum atomic E-state index is 13.9. The number of carbonyl (C=O) groups is 2. The molecule has 1 atom stereocenters. The molecule has 4 rings (SSSR count). The van der Waals surface area contributed by atoms with Crippen LogP contribution in [-0.4, -0.2) is 81.5 Å². The molecule has 37 heavy (non-hydrogen) atoms. The third kappa shape index (κ3) is 6.69. The van der Waals surface area contributed by atoms with E-state index >= 15 is 0 Å². The lowest BCUT2D eigenvalue weighted by molar-refractivity contribution is -0.142. The normalized spacial score (nSPS) is 15.5. The van der Waals surface area contributed by atoms with Crippen LogP contribution in [-0.2, 0) is 20.9 Å². The molecular weight excluding hydrogens is 475 g/mol. The molecule has 3 aromatic rings. The maximum absolute atomic E-state index is 13.9. The standard InChI is InChI=1S/C27H35FN6O3/c1-4-27(2,3)29-26(36)25(20-9-11-21(28)12-10-20)33(14-13-32-15-17-37-18-16-32)24(35)19-34-23-8-6-5-7-22(23)30-31-34/h5-12,25H,4,13-19H2,1-3H3,(H,29,36)/t25-/m1/s1. The van der Waals surface area contributed by atoms with Gasteiger partial charge in [-0.15, -0.1) is 5.10 Å². The number of hydrogen-bond donors (Lipinski definition) is 1. The molecule has 1 aromatic heterocycles. The highest BCUT2D eigenvalue weighted by Crippen LogP contribution is 2.25. The summed E-state index contributed by atoms with van der Waals surface area (Å²) in [6.45, 7) is 9.45. The van der Waals surface area contributed by atoms with Gasteiger partial charge in [0.15, 0.2) is 0 Å². The van der Waals surface area contributed by atoms with Gasteiger partial charge >= 0.3 is 0 Å². The fraction of sp³-hybridized carbons (Fsp3) is 0.481. The molecule has 1 saturated heterocycles. The van der Waals surface area contributed by atoms with Crippen LogP contribution in [0.3, 0.4) is 0 Å². The number of carbonyl (C=O) groups excluding carboxylic acids is 2. The van der Waals surface area contributed by atoms with Gasteiger partial charge in [-0.1, -0.05) is 36.4 Å². The third-order valence-electron chi connectivity index (χ3n) is 6.88. The smallest absolute Gasteiger partial charge is 0.247 e. The lowest BCUT2D eigenvalue weighted by Crippen LogP contribution is -2.52. The highest BCUT2D eigenvalue weighted by molar-refractivity contribution is 5.89. The number of benzene rings is 2. The quantitative estimate of drug-likeness (QED) is 0.451. The molecule has 0 radical (unpaired) electrons. The Labute approximate surface area is 216 Å². The van der Waals surface area contributed by atoms with Gasteiger partial charge in [-0.3, -0.25) is 14.5 Å². The van der Waals surface area contributed by atoms with Crippen LogP contribution in [0.1, 0.15) is 38.8 Å². The van der Waals surface area contributed by atoms with E-state index in [1.54, 1.807) is 21.7 Å². The van der Waals surface area contributed by atoms with E-state index in [9.17, 15) is 14.0 Å². The Morgan fingerprint density at radius 3 is 2.54 bits per heavy atom. The molecule has 0 aliphatic carbocycles. The minimum absolute atomic E-state index is 0.0776. The van der Waals surface area contributed by atoms with Crippen molar-refractivity contribution in [3.8, 4) is 0 Å². The number of ether oxygens (including phenoxy) is 1. The van der Waals surface area contributed by atoms with Gasteiger partial charge in [0.25, 0.3) is 0 Å². The van der Waals surface area contributed by atoms with Gasteiger partial charge in [0.05, 0.1) is 18.7 Å². The SMILES string of the molecule is CCC(C)(C)NC(=O)[C@@H](c1ccc(F)cc1)N(CCN1CCOCC1)C(=O)Cn1nnc2ccccc21. The van der Waals surface area contributed by atoms with Gasteiger partial charge in [-0.25, -0.2) is 9.07 Å². The molecule has 2 amide bonds. The fourth-order valence-corrected chi connectivity index (χ4v) is 4.33. The summed E-state index contributed by atoms with van der Waals surface area (Å²) in [6, 6.07) is 12.3. The molecule has 2 aromatic carbocycles. The van der Waals surface area contributed by atoms with Gasteiger partial charge in [-0.2, -0.15) is 0 Å². The van der Waals surface area contributed by atoms with Gasteiger partial charge in [0, 0.05) is 31.7 Å². The van der Waals surface area contributed by atoms with E-state index in [-0.39, 0.29) is 18.4 Å². The van der Waals surface area contributed by atoms with Gasteiger partial charge in [-0.05, 0) is 50.1 Å². The number of hydrogen-bond acceptors (Lipinski definition) is 6. The predicted molar refractivity (Wildman–Crippen MR) is 138 cm³/mol. The average Bonchev–Trinajstić information content (AvgIpc) is 3.30. The second-order valence-corrected chi connectivity index (χ2v) is 9.96. The minimum Gasteiger partial charge on any atom is -0.379 e. The molecule has 1 fully saturated rings. The number of amides is 2. The molecule has 0 spiro atoms. The number of nitrogens with one attached hydrogen (secondary N) is 1. The highest BCUT2D eigenvalue weighted by Gasteiger charge is 2.34. The summed E-state index contributed by atoms with van der Waals surface area (Å²) in [7, 11) is 0. The van der Waals surface area contributed by atoms with Crippen molar-refractivity contribution in [2.45, 2.75) is 45.3 Å². The van der Waals surface area contributed by atoms with E-state index in [2.05, 4.69) is 20.5 Å². The van der Waals surface area contributed by atoms with E-state index in [0.29, 0.717) is 43.8 Å². The van der Waals surface area contributed by atoms with E-state index in [0.717, 1.165) is 18.6 Å². The molecule has 1 aliphatic heterocycles. The van der Waals surface area contributed by atoms with Crippen LogP contribution in [0.5, 0.6) is 0 Å². The summed E-state index contributed by atoms with van der Waals surface area (Å²) < 4.78 is 20.8. The lowest BCUT2D eigenvalue weighted by Gasteiger charge is -2.36. The molecule has 1 N–H and O–H groups in total. The van der Waals surface area contributed by atoms with Crippen molar-refractivity contribution >= 4 is 22.8 Å². The second-order valence-electron chi connectivity index (χ2n) is 9.96. The average molecular weight is 511 g/mol. The van der Waals surface area contributed by atoms with Crippen LogP contribution >= 0.6 is 0 Å². The van der Waals surface area contributed by atoms with Crippen molar-refractivity contribution in [1.82, 2.24) is 30.1 Å². The van der Waals surface area contributed by atoms with Crippen LogP contribution < -0.4 is 5.32 Å². The molecule has 10 heteroatoms. The Balaban J connectivity index is 1.67. The molecule has 1 aliphatic rings. The molecule has 0 unspecified atom stereocenters. The topological polar surface area (TPSA) is 92.6 Å². The first-order chi connectivity index (χ1) is 17.8. The van der Waals surface area contributed by atoms with Crippen molar-refractivity contribution < 1.29 is 18.7 Å². The number of para-hydroxylation sites is 1. The van der Waals surface area contributed by atoms with Gasteiger partial charge in [0.2, 0.25) is 11.8 Å². The van der Waals surface area contributed by atoms with E-state index in [1.165, 1.54) is 12.1 Å². The Hall–Kier alpha value is -3.37. The number of aromatic nitrogens is 3. The molecule has 198 valence electrons. The zero-order chi connectivity index (χ0) is 26.4. The molecule has 0 bridgehead atoms. The van der Waals surface area contributed by atoms with Crippen molar-refractivity contribution in [1.29, 1.82) is 0 Å². The van der Waals surface area contributed by atoms with E-state index in [1.807, 2.05) is 45.0 Å². The van der Waals surface area contributed by atoms with Gasteiger partial charge < -0.3 is 15.0 Å². The van der Waals surface area contributed by atoms with Crippen molar-refractivity contribution in [2.24, 2.45) is 0 Å². The first kappa shape index (κ1) is 26.7. The minimum atomic E-state index is -0.935. The molecular formula is C27H35FN6O3. The van der Waals surface area contributed by atoms with Crippen molar-refractivity contribution in [3.05, 3.63) is 59.9 Å². The maximum Gasteiger partial charge on any atom is 0.247 e. The van der Waals surface area contributed by atoms with E-state index in [4.69, 9.17) is 4.74 Å². The number of fused-ring (bicyclic) bond motifs is 1. The number of morpholine rings is 1. The Morgan fingerprint density at radius 2 is 1.84 bits per heavy atom. The zero-order valence-corrected chi connectivity index (χ0v) is 21.7. The molecule has 0 saturated carbocycles. The van der Waals surface area contributed by atoms with Crippen LogP contribution in [0.2, 0.25) is 0 Å². The number of rotatable bonds is 10. The summed E-state index contributed by atoms with van der Waals surface area (Å²) in [6.07, 6.45) is 0.710. The highest BCUT2D eigenvalue weighted by atomic mass is 19.1. The first-order valence-electron chi connectivity index (χ1n) is 12.7. The molecule has 2 heterocycles. The summed E-state index contributed by atoms with van der Waals surface area (Å²) in [5.74, 6) is -0.989. The fourth-order valence-electron chi connectivity index (χ4n) is 4.33. The predicted octanol–water partition coefficient (Wildman–Crippen LogP) is 2.78. The zero-order valence-electron chi connectivity index (χ0n) is 21.7. The van der Waals surface area contributed by atoms with Crippen LogP contribution in [0.25, 0.3) is 11.0 Å². The number of nitrogens with zero attached hydrogens (tertiary/aromatic N) is 5. The summed E-state index contributed by atoms with van der Waals surface area (Å²) in [4.78, 5) is 31.4. The first-order valence-corrected chi connectivity index (χ1v) is 12.7. The molecule has 9 nitrogen and oxygen atoms in total. The largest absolute Gasteiger partial charge is 0.379 e.